The van der Waals surface area contributed by atoms with Crippen LogP contribution < -0.4 is 0 Å². The summed E-state index contributed by atoms with van der Waals surface area (Å²) in [7, 11) is 0. The van der Waals surface area contributed by atoms with E-state index in [1.54, 1.807) is 0 Å². The third-order valence-electron chi connectivity index (χ3n) is 2.45. The van der Waals surface area contributed by atoms with Crippen molar-refractivity contribution < 1.29 is 17.6 Å². The zero-order chi connectivity index (χ0) is 13.3. The monoisotopic (exact) mass is 274 g/mol. The fourth-order valence-electron chi connectivity index (χ4n) is 1.68. The predicted octanol–water partition coefficient (Wildman–Crippen LogP) is 5.16. The molecule has 0 nitrogen and oxygen atoms in total. The highest BCUT2D eigenvalue weighted by atomic mass is 35.5. The summed E-state index contributed by atoms with van der Waals surface area (Å²) in [6.07, 6.45) is -4.55. The predicted molar refractivity (Wildman–Crippen MR) is 61.8 cm³/mol. The Bertz CT molecular complexity index is 558. The molecule has 0 aliphatic carbocycles. The van der Waals surface area contributed by atoms with Crippen molar-refractivity contribution in [2.24, 2.45) is 0 Å². The van der Waals surface area contributed by atoms with Crippen molar-refractivity contribution in [1.29, 1.82) is 0 Å². The molecule has 2 aromatic carbocycles. The zero-order valence-corrected chi connectivity index (χ0v) is 9.69. The number of alkyl halides is 3. The van der Waals surface area contributed by atoms with Crippen LogP contribution in [0, 0.1) is 5.82 Å². The van der Waals surface area contributed by atoms with Crippen LogP contribution in [-0.2, 0) is 6.18 Å². The first kappa shape index (κ1) is 12.9. The van der Waals surface area contributed by atoms with Gasteiger partial charge in [-0.25, -0.2) is 4.39 Å². The van der Waals surface area contributed by atoms with Crippen LogP contribution >= 0.6 is 11.6 Å². The summed E-state index contributed by atoms with van der Waals surface area (Å²) in [5, 5.41) is -0.371. The van der Waals surface area contributed by atoms with Crippen LogP contribution in [0.1, 0.15) is 5.56 Å². The maximum absolute atomic E-state index is 12.9. The fraction of sp³-hybridized carbons (Fsp3) is 0.0769. The Morgan fingerprint density at radius 1 is 0.889 bits per heavy atom. The van der Waals surface area contributed by atoms with E-state index in [9.17, 15) is 17.6 Å². The van der Waals surface area contributed by atoms with Crippen LogP contribution in [0.25, 0.3) is 11.1 Å². The normalized spacial score (nSPS) is 11.6. The van der Waals surface area contributed by atoms with Gasteiger partial charge in [-0.2, -0.15) is 13.2 Å². The molecule has 18 heavy (non-hydrogen) atoms. The van der Waals surface area contributed by atoms with E-state index >= 15 is 0 Å². The standard InChI is InChI=1S/C13H7ClF4/c14-11-3-1-2-10(12(11)13(16,17)18)8-4-6-9(15)7-5-8/h1-7H. The smallest absolute Gasteiger partial charge is 0.207 e. The molecule has 0 amide bonds. The van der Waals surface area contributed by atoms with Crippen molar-refractivity contribution in [3.63, 3.8) is 0 Å². The summed E-state index contributed by atoms with van der Waals surface area (Å²) in [6.45, 7) is 0. The lowest BCUT2D eigenvalue weighted by Crippen LogP contribution is -2.08. The van der Waals surface area contributed by atoms with Crippen molar-refractivity contribution in [3.05, 3.63) is 58.9 Å². The van der Waals surface area contributed by atoms with Crippen LogP contribution in [0.5, 0.6) is 0 Å². The van der Waals surface area contributed by atoms with Crippen LogP contribution in [0.4, 0.5) is 17.6 Å². The van der Waals surface area contributed by atoms with Crippen molar-refractivity contribution >= 4 is 11.6 Å². The van der Waals surface area contributed by atoms with Gasteiger partial charge in [0, 0.05) is 0 Å². The Balaban J connectivity index is 2.65. The molecule has 0 spiro atoms. The number of benzene rings is 2. The van der Waals surface area contributed by atoms with Gasteiger partial charge in [0.1, 0.15) is 5.82 Å². The quantitative estimate of drug-likeness (QED) is 0.630. The first-order valence-electron chi connectivity index (χ1n) is 5.01. The van der Waals surface area contributed by atoms with Crippen LogP contribution in [0.3, 0.4) is 0 Å². The molecule has 0 bridgehead atoms. The van der Waals surface area contributed by atoms with Crippen molar-refractivity contribution in [3.8, 4) is 11.1 Å². The molecule has 2 rings (SSSR count). The van der Waals surface area contributed by atoms with Gasteiger partial charge >= 0.3 is 6.18 Å². The largest absolute Gasteiger partial charge is 0.418 e. The maximum atomic E-state index is 12.9. The maximum Gasteiger partial charge on any atom is 0.418 e. The van der Waals surface area contributed by atoms with Gasteiger partial charge in [0.2, 0.25) is 0 Å². The Kier molecular flexibility index (Phi) is 3.30. The fourth-order valence-corrected chi connectivity index (χ4v) is 1.96. The summed E-state index contributed by atoms with van der Waals surface area (Å²) < 4.78 is 51.5. The minimum atomic E-state index is -4.55. The molecule has 0 aliphatic heterocycles. The summed E-state index contributed by atoms with van der Waals surface area (Å²) >= 11 is 5.60. The second-order valence-corrected chi connectivity index (χ2v) is 4.07. The van der Waals surface area contributed by atoms with Crippen molar-refractivity contribution in [1.82, 2.24) is 0 Å². The van der Waals surface area contributed by atoms with Gasteiger partial charge in [-0.15, -0.1) is 0 Å². The molecule has 0 aliphatic rings. The number of hydrogen-bond acceptors (Lipinski definition) is 0. The minimum Gasteiger partial charge on any atom is -0.207 e. The Morgan fingerprint density at radius 2 is 1.50 bits per heavy atom. The highest BCUT2D eigenvalue weighted by Gasteiger charge is 2.36. The molecule has 0 N–H and O–H groups in total. The summed E-state index contributed by atoms with van der Waals surface area (Å²) in [5.41, 5.74) is -0.695. The molecular formula is C13H7ClF4. The second kappa shape index (κ2) is 4.61. The molecule has 0 saturated heterocycles. The van der Waals surface area contributed by atoms with Gasteiger partial charge in [0.05, 0.1) is 10.6 Å². The van der Waals surface area contributed by atoms with E-state index in [1.807, 2.05) is 0 Å². The van der Waals surface area contributed by atoms with Crippen LogP contribution in [0.2, 0.25) is 5.02 Å². The van der Waals surface area contributed by atoms with E-state index < -0.39 is 17.6 Å². The lowest BCUT2D eigenvalue weighted by molar-refractivity contribution is -0.137. The molecular weight excluding hydrogens is 268 g/mol. The molecule has 2 aromatic rings. The highest BCUT2D eigenvalue weighted by Crippen LogP contribution is 2.41. The Morgan fingerprint density at radius 3 is 2.06 bits per heavy atom. The van der Waals surface area contributed by atoms with E-state index in [0.29, 0.717) is 0 Å². The van der Waals surface area contributed by atoms with Gasteiger partial charge < -0.3 is 0 Å². The van der Waals surface area contributed by atoms with Crippen molar-refractivity contribution in [2.45, 2.75) is 6.18 Å². The van der Waals surface area contributed by atoms with E-state index in [-0.39, 0.29) is 16.1 Å². The lowest BCUT2D eigenvalue weighted by Gasteiger charge is -2.14. The Hall–Kier alpha value is -1.55. The minimum absolute atomic E-state index is 0.0602. The average molecular weight is 275 g/mol. The molecule has 0 fully saturated rings. The van der Waals surface area contributed by atoms with Gasteiger partial charge in [0.15, 0.2) is 0 Å². The first-order valence-corrected chi connectivity index (χ1v) is 5.39. The summed E-state index contributed by atoms with van der Waals surface area (Å²) in [5.74, 6) is -0.505. The third kappa shape index (κ3) is 2.48. The average Bonchev–Trinajstić information content (AvgIpc) is 2.28. The van der Waals surface area contributed by atoms with Crippen LogP contribution in [-0.4, -0.2) is 0 Å². The van der Waals surface area contributed by atoms with E-state index in [0.717, 1.165) is 12.1 Å². The van der Waals surface area contributed by atoms with Gasteiger partial charge in [-0.3, -0.25) is 0 Å². The third-order valence-corrected chi connectivity index (χ3v) is 2.77. The molecule has 0 saturated carbocycles. The molecule has 0 unspecified atom stereocenters. The highest BCUT2D eigenvalue weighted by molar-refractivity contribution is 6.31. The molecule has 0 heterocycles. The second-order valence-electron chi connectivity index (χ2n) is 3.67. The molecule has 94 valence electrons. The van der Waals surface area contributed by atoms with Gasteiger partial charge in [-0.05, 0) is 29.3 Å². The molecule has 5 heteroatoms. The SMILES string of the molecule is Fc1ccc(-c2cccc(Cl)c2C(F)(F)F)cc1. The lowest BCUT2D eigenvalue weighted by atomic mass is 9.99. The van der Waals surface area contributed by atoms with Crippen molar-refractivity contribution in [2.75, 3.05) is 0 Å². The summed E-state index contributed by atoms with van der Waals surface area (Å²) in [4.78, 5) is 0. The zero-order valence-electron chi connectivity index (χ0n) is 8.93. The molecule has 0 radical (unpaired) electrons. The molecule has 0 atom stereocenters. The van der Waals surface area contributed by atoms with Gasteiger partial charge in [0.25, 0.3) is 0 Å². The van der Waals surface area contributed by atoms with Gasteiger partial charge in [-0.1, -0.05) is 35.9 Å². The topological polar surface area (TPSA) is 0 Å². The van der Waals surface area contributed by atoms with Crippen LogP contribution in [0.15, 0.2) is 42.5 Å². The van der Waals surface area contributed by atoms with E-state index in [2.05, 4.69) is 0 Å². The van der Waals surface area contributed by atoms with E-state index in [1.165, 1.54) is 30.3 Å². The first-order chi connectivity index (χ1) is 8.39. The Labute approximate surface area is 106 Å². The number of rotatable bonds is 1. The summed E-state index contributed by atoms with van der Waals surface area (Å²) in [6, 6.07) is 8.70. The van der Waals surface area contributed by atoms with E-state index in [4.69, 9.17) is 11.6 Å². The number of halogens is 5. The number of hydrogen-bond donors (Lipinski definition) is 0. The molecule has 0 aromatic heterocycles.